The van der Waals surface area contributed by atoms with E-state index in [1.807, 2.05) is 25.1 Å². The number of likely N-dealkylation sites (tertiary alicyclic amines) is 1. The molecular weight excluding hydrogens is 663 g/mol. The number of alkyl halides is 3. The lowest BCUT2D eigenvalue weighted by Gasteiger charge is -2.51. The first-order valence-corrected chi connectivity index (χ1v) is 15.8. The van der Waals surface area contributed by atoms with Gasteiger partial charge in [0.15, 0.2) is 9.75 Å². The number of carbonyl (C=O) groups excluding carboxylic acids is 4. The molecule has 6 atom stereocenters. The maximum absolute atomic E-state index is 14.2. The van der Waals surface area contributed by atoms with E-state index in [2.05, 4.69) is 15.9 Å². The lowest BCUT2D eigenvalue weighted by molar-refractivity contribution is -0.138. The Bertz CT molecular complexity index is 1570. The molecule has 1 saturated carbocycles. The molecule has 4 amide bonds. The van der Waals surface area contributed by atoms with Gasteiger partial charge in [-0.05, 0) is 42.9 Å². The van der Waals surface area contributed by atoms with Gasteiger partial charge in [-0.25, -0.2) is 0 Å². The molecular formula is C31H29BrCl2N2O7. The SMILES string of the molecule is CCc1ccc(N2C(=O)C3CC=C4C(CC5(Cl)C(=O)N(CBr)C(=O)C5(Cl)C4c4c(OC)cc(O)cc4OC)C3C2=O)cc1. The lowest BCUT2D eigenvalue weighted by atomic mass is 9.56. The molecule has 2 aromatic carbocycles. The number of imide groups is 2. The molecule has 2 heterocycles. The first-order valence-electron chi connectivity index (χ1n) is 13.9. The summed E-state index contributed by atoms with van der Waals surface area (Å²) < 4.78 is 11.3. The fourth-order valence-electron chi connectivity index (χ4n) is 7.41. The minimum atomic E-state index is -2.03. The molecule has 12 heteroatoms. The van der Waals surface area contributed by atoms with Crippen molar-refractivity contribution < 1.29 is 33.8 Å². The molecule has 1 N–H and O–H groups in total. The number of ether oxygens (including phenoxy) is 2. The number of hydrogen-bond acceptors (Lipinski definition) is 7. The molecule has 226 valence electrons. The van der Waals surface area contributed by atoms with Crippen LogP contribution in [0.4, 0.5) is 5.69 Å². The van der Waals surface area contributed by atoms with Gasteiger partial charge in [0.25, 0.3) is 11.8 Å². The minimum absolute atomic E-state index is 0.139. The summed E-state index contributed by atoms with van der Waals surface area (Å²) in [5.74, 6) is -5.28. The van der Waals surface area contributed by atoms with E-state index in [4.69, 9.17) is 32.7 Å². The Morgan fingerprint density at radius 1 is 0.977 bits per heavy atom. The fourth-order valence-corrected chi connectivity index (χ4v) is 8.82. The van der Waals surface area contributed by atoms with Crippen LogP contribution in [-0.4, -0.2) is 63.1 Å². The van der Waals surface area contributed by atoms with Gasteiger partial charge in [-0.15, -0.1) is 23.2 Å². The van der Waals surface area contributed by atoms with Crippen molar-refractivity contribution in [3.05, 3.63) is 59.2 Å². The van der Waals surface area contributed by atoms with Crippen LogP contribution in [-0.2, 0) is 25.6 Å². The molecule has 0 spiro atoms. The second-order valence-corrected chi connectivity index (χ2v) is 13.0. The van der Waals surface area contributed by atoms with Gasteiger partial charge in [0.2, 0.25) is 11.8 Å². The van der Waals surface area contributed by atoms with Crippen molar-refractivity contribution >= 4 is 68.4 Å². The van der Waals surface area contributed by atoms with Crippen molar-refractivity contribution in [1.29, 1.82) is 0 Å². The van der Waals surface area contributed by atoms with Crippen LogP contribution in [0.1, 0.15) is 36.8 Å². The largest absolute Gasteiger partial charge is 0.508 e. The maximum atomic E-state index is 14.2. The molecule has 6 rings (SSSR count). The number of allylic oxidation sites excluding steroid dienone is 2. The van der Waals surface area contributed by atoms with Crippen LogP contribution in [0.25, 0.3) is 0 Å². The molecule has 3 fully saturated rings. The molecule has 9 nitrogen and oxygen atoms in total. The number of carbonyl (C=O) groups is 4. The van der Waals surface area contributed by atoms with Crippen molar-refractivity contribution in [2.45, 2.75) is 41.9 Å². The summed E-state index contributed by atoms with van der Waals surface area (Å²) in [6.07, 6.45) is 2.73. The number of halogens is 3. The zero-order chi connectivity index (χ0) is 31.0. The second-order valence-electron chi connectivity index (χ2n) is 11.3. The second kappa shape index (κ2) is 10.5. The minimum Gasteiger partial charge on any atom is -0.508 e. The number of benzene rings is 2. The third-order valence-electron chi connectivity index (χ3n) is 9.43. The highest BCUT2D eigenvalue weighted by molar-refractivity contribution is 9.09. The molecule has 6 unspecified atom stereocenters. The fraction of sp³-hybridized carbons (Fsp3) is 0.419. The normalized spacial score (nSPS) is 31.5. The predicted molar refractivity (Wildman–Crippen MR) is 163 cm³/mol. The third kappa shape index (κ3) is 3.95. The molecule has 0 radical (unpaired) electrons. The first kappa shape index (κ1) is 30.0. The van der Waals surface area contributed by atoms with E-state index in [1.165, 1.54) is 31.3 Å². The molecule has 2 aliphatic carbocycles. The van der Waals surface area contributed by atoms with Crippen LogP contribution < -0.4 is 14.4 Å². The van der Waals surface area contributed by atoms with E-state index in [0.29, 0.717) is 16.8 Å². The van der Waals surface area contributed by atoms with Crippen molar-refractivity contribution in [2.75, 3.05) is 24.6 Å². The van der Waals surface area contributed by atoms with E-state index in [0.717, 1.165) is 16.9 Å². The van der Waals surface area contributed by atoms with Crippen molar-refractivity contribution in [3.8, 4) is 17.2 Å². The number of aromatic hydroxyl groups is 1. The smallest absolute Gasteiger partial charge is 0.254 e. The van der Waals surface area contributed by atoms with Gasteiger partial charge < -0.3 is 14.6 Å². The van der Waals surface area contributed by atoms with E-state index in [1.54, 1.807) is 12.1 Å². The number of methoxy groups -OCH3 is 2. The summed E-state index contributed by atoms with van der Waals surface area (Å²) >= 11 is 17.8. The van der Waals surface area contributed by atoms with E-state index < -0.39 is 51.1 Å². The van der Waals surface area contributed by atoms with Gasteiger partial charge in [0, 0.05) is 23.6 Å². The number of amides is 4. The highest BCUT2D eigenvalue weighted by Gasteiger charge is 2.76. The average molecular weight is 692 g/mol. The lowest BCUT2D eigenvalue weighted by Crippen LogP contribution is -2.60. The number of phenols is 1. The Labute approximate surface area is 266 Å². The summed E-state index contributed by atoms with van der Waals surface area (Å²) in [5.41, 5.74) is 2.30. The summed E-state index contributed by atoms with van der Waals surface area (Å²) in [6.45, 7) is 2.02. The molecule has 2 aromatic rings. The number of hydrogen-bond donors (Lipinski definition) is 1. The molecule has 2 aliphatic heterocycles. The van der Waals surface area contributed by atoms with Crippen LogP contribution in [0.15, 0.2) is 48.0 Å². The third-order valence-corrected chi connectivity index (χ3v) is 11.3. The number of rotatable bonds is 6. The number of anilines is 1. The van der Waals surface area contributed by atoms with Gasteiger partial charge in [-0.2, -0.15) is 0 Å². The topological polar surface area (TPSA) is 113 Å². The summed E-state index contributed by atoms with van der Waals surface area (Å²) in [5, 5.41) is 10.4. The monoisotopic (exact) mass is 690 g/mol. The molecule has 0 aromatic heterocycles. The van der Waals surface area contributed by atoms with Gasteiger partial charge >= 0.3 is 0 Å². The van der Waals surface area contributed by atoms with Gasteiger partial charge in [0.05, 0.1) is 37.2 Å². The van der Waals surface area contributed by atoms with Crippen LogP contribution >= 0.6 is 39.1 Å². The maximum Gasteiger partial charge on any atom is 0.254 e. The Hall–Kier alpha value is -3.08. The number of aryl methyl sites for hydroxylation is 1. The molecule has 4 aliphatic rings. The number of phenolic OH excluding ortho intramolecular Hbond substituents is 1. The first-order chi connectivity index (χ1) is 20.5. The van der Waals surface area contributed by atoms with Crippen LogP contribution in [0.2, 0.25) is 0 Å². The van der Waals surface area contributed by atoms with Crippen molar-refractivity contribution in [2.24, 2.45) is 17.8 Å². The van der Waals surface area contributed by atoms with E-state index in [-0.39, 0.29) is 41.5 Å². The summed E-state index contributed by atoms with van der Waals surface area (Å²) in [6, 6.07) is 10.0. The van der Waals surface area contributed by atoms with Gasteiger partial charge in [-0.3, -0.25) is 29.0 Å². The van der Waals surface area contributed by atoms with Crippen LogP contribution in [0.3, 0.4) is 0 Å². The summed E-state index contributed by atoms with van der Waals surface area (Å²) in [4.78, 5) is 54.1. The Balaban J connectivity index is 1.55. The number of nitrogens with zero attached hydrogens (tertiary/aromatic N) is 2. The molecule has 0 bridgehead atoms. The van der Waals surface area contributed by atoms with E-state index >= 15 is 0 Å². The van der Waals surface area contributed by atoms with Gasteiger partial charge in [0.1, 0.15) is 17.2 Å². The quantitative estimate of drug-likeness (QED) is 0.199. The Morgan fingerprint density at radius 2 is 1.60 bits per heavy atom. The summed E-state index contributed by atoms with van der Waals surface area (Å²) in [7, 11) is 2.79. The molecule has 2 saturated heterocycles. The Morgan fingerprint density at radius 3 is 2.16 bits per heavy atom. The highest BCUT2D eigenvalue weighted by Crippen LogP contribution is 2.67. The van der Waals surface area contributed by atoms with Gasteiger partial charge in [-0.1, -0.05) is 46.6 Å². The predicted octanol–water partition coefficient (Wildman–Crippen LogP) is 4.89. The zero-order valence-electron chi connectivity index (χ0n) is 23.6. The number of fused-ring (bicyclic) bond motifs is 4. The highest BCUT2D eigenvalue weighted by atomic mass is 79.9. The average Bonchev–Trinajstić information content (AvgIpc) is 3.34. The van der Waals surface area contributed by atoms with Crippen molar-refractivity contribution in [3.63, 3.8) is 0 Å². The standard InChI is InChI=1S/C31H29BrCl2N2O7/c1-4-15-5-7-16(8-6-15)36-26(38)19-10-9-18-20(23(19)27(36)39)13-30(33)28(40)35(14-32)29(41)31(30,34)25(18)24-21(42-2)11-17(37)12-22(24)43-3/h5-9,11-12,19-20,23,25,37H,4,10,13-14H2,1-3H3. The molecule has 43 heavy (non-hydrogen) atoms. The zero-order valence-corrected chi connectivity index (χ0v) is 26.7. The van der Waals surface area contributed by atoms with Crippen molar-refractivity contribution in [1.82, 2.24) is 4.90 Å². The van der Waals surface area contributed by atoms with E-state index in [9.17, 15) is 24.3 Å². The van der Waals surface area contributed by atoms with Crippen LogP contribution in [0.5, 0.6) is 17.2 Å². The Kier molecular flexibility index (Phi) is 7.34. The van der Waals surface area contributed by atoms with Crippen LogP contribution in [0, 0.1) is 17.8 Å².